The quantitative estimate of drug-likeness (QED) is 0.589. The standard InChI is InChI=1S/C19H28ClN3O3S.C2HF3O2/c20-17-6-4-5-16(15-17)19(24)23(18-7-2-1-3-8-18)13-14-27(25,26)22-11-9-21-10-12-22;3-2(4,5)1(6)7/h4-6,15,18,21H,1-3,7-14H2;(H,6,7). The van der Waals surface area contributed by atoms with Gasteiger partial charge in [-0.2, -0.15) is 17.5 Å². The molecule has 1 saturated carbocycles. The lowest BCUT2D eigenvalue weighted by Gasteiger charge is -2.35. The van der Waals surface area contributed by atoms with Crippen molar-refractivity contribution in [2.75, 3.05) is 38.5 Å². The molecule has 0 unspecified atom stereocenters. The molecule has 2 aliphatic rings. The molecule has 1 aliphatic heterocycles. The van der Waals surface area contributed by atoms with Crippen molar-refractivity contribution in [1.29, 1.82) is 0 Å². The highest BCUT2D eigenvalue weighted by Crippen LogP contribution is 2.25. The summed E-state index contributed by atoms with van der Waals surface area (Å²) in [5, 5.41) is 10.8. The number of nitrogens with one attached hydrogen (secondary N) is 1. The Balaban J connectivity index is 0.000000509. The van der Waals surface area contributed by atoms with Crippen LogP contribution in [0.5, 0.6) is 0 Å². The maximum atomic E-state index is 13.1. The molecule has 0 atom stereocenters. The predicted octanol–water partition coefficient (Wildman–Crippen LogP) is 2.98. The smallest absolute Gasteiger partial charge is 0.475 e. The monoisotopic (exact) mass is 527 g/mol. The van der Waals surface area contributed by atoms with Gasteiger partial charge in [-0.3, -0.25) is 4.79 Å². The lowest BCUT2D eigenvalue weighted by molar-refractivity contribution is -0.192. The van der Waals surface area contributed by atoms with E-state index in [2.05, 4.69) is 5.32 Å². The number of carbonyl (C=O) groups excluding carboxylic acids is 1. The van der Waals surface area contributed by atoms with E-state index < -0.39 is 22.2 Å². The largest absolute Gasteiger partial charge is 0.490 e. The zero-order valence-corrected chi connectivity index (χ0v) is 20.1. The number of alkyl halides is 3. The summed E-state index contributed by atoms with van der Waals surface area (Å²) < 4.78 is 58.7. The van der Waals surface area contributed by atoms with Crippen LogP contribution in [-0.2, 0) is 14.8 Å². The SMILES string of the molecule is O=C(O)C(F)(F)F.O=C(c1cccc(Cl)c1)N(CCS(=O)(=O)N1CCNCC1)C1CCCCC1. The fourth-order valence-electron chi connectivity index (χ4n) is 3.90. The number of sulfonamides is 1. The highest BCUT2D eigenvalue weighted by atomic mass is 35.5. The van der Waals surface area contributed by atoms with E-state index in [1.807, 2.05) is 0 Å². The van der Waals surface area contributed by atoms with Crippen LogP contribution >= 0.6 is 11.6 Å². The average Bonchev–Trinajstić information content (AvgIpc) is 2.80. The normalized spacial score (nSPS) is 18.0. The number of nitrogens with zero attached hydrogens (tertiary/aromatic N) is 2. The molecule has 1 aromatic rings. The van der Waals surface area contributed by atoms with E-state index in [9.17, 15) is 26.4 Å². The third-order valence-corrected chi connectivity index (χ3v) is 7.74. The summed E-state index contributed by atoms with van der Waals surface area (Å²) in [5.74, 6) is -2.91. The van der Waals surface area contributed by atoms with Gasteiger partial charge in [0.15, 0.2) is 0 Å². The van der Waals surface area contributed by atoms with Gasteiger partial charge in [0.25, 0.3) is 5.91 Å². The van der Waals surface area contributed by atoms with E-state index in [0.717, 1.165) is 25.7 Å². The summed E-state index contributed by atoms with van der Waals surface area (Å²) in [7, 11) is -3.37. The minimum Gasteiger partial charge on any atom is -0.475 e. The molecule has 0 bridgehead atoms. The van der Waals surface area contributed by atoms with Crippen LogP contribution in [0.2, 0.25) is 5.02 Å². The lowest BCUT2D eigenvalue weighted by atomic mass is 9.93. The molecule has 0 spiro atoms. The molecule has 2 N–H and O–H groups in total. The van der Waals surface area contributed by atoms with Gasteiger partial charge in [-0.1, -0.05) is 36.9 Å². The van der Waals surface area contributed by atoms with Crippen molar-refractivity contribution in [2.24, 2.45) is 0 Å². The van der Waals surface area contributed by atoms with Crippen LogP contribution in [0.4, 0.5) is 13.2 Å². The molecule has 0 aromatic heterocycles. The van der Waals surface area contributed by atoms with Crippen molar-refractivity contribution >= 4 is 33.5 Å². The highest BCUT2D eigenvalue weighted by molar-refractivity contribution is 7.89. The summed E-state index contributed by atoms with van der Waals surface area (Å²) in [6, 6.07) is 6.99. The van der Waals surface area contributed by atoms with Gasteiger partial charge in [0, 0.05) is 49.4 Å². The number of hydrogen-bond acceptors (Lipinski definition) is 5. The van der Waals surface area contributed by atoms with Gasteiger partial charge in [-0.05, 0) is 31.0 Å². The predicted molar refractivity (Wildman–Crippen MR) is 121 cm³/mol. The first-order valence-corrected chi connectivity index (χ1v) is 13.0. The summed E-state index contributed by atoms with van der Waals surface area (Å²) in [6.45, 7) is 2.56. The average molecular weight is 528 g/mol. The van der Waals surface area contributed by atoms with Crippen molar-refractivity contribution in [3.8, 4) is 0 Å². The Morgan fingerprint density at radius 1 is 1.15 bits per heavy atom. The van der Waals surface area contributed by atoms with E-state index in [-0.39, 0.29) is 24.2 Å². The van der Waals surface area contributed by atoms with Crippen molar-refractivity contribution in [2.45, 2.75) is 44.3 Å². The molecular weight excluding hydrogens is 499 g/mol. The summed E-state index contributed by atoms with van der Waals surface area (Å²) in [5.41, 5.74) is 0.521. The Bertz CT molecular complexity index is 934. The minimum absolute atomic E-state index is 0.0319. The molecule has 1 heterocycles. The number of amides is 1. The van der Waals surface area contributed by atoms with Crippen molar-refractivity contribution in [1.82, 2.24) is 14.5 Å². The molecule has 192 valence electrons. The summed E-state index contributed by atoms with van der Waals surface area (Å²) in [6.07, 6.45) is 0.109. The first-order valence-electron chi connectivity index (χ1n) is 11.0. The molecular formula is C21H29ClF3N3O5S. The summed E-state index contributed by atoms with van der Waals surface area (Å²) >= 11 is 6.05. The highest BCUT2D eigenvalue weighted by Gasteiger charge is 2.38. The topological polar surface area (TPSA) is 107 Å². The van der Waals surface area contributed by atoms with Gasteiger partial charge in [-0.25, -0.2) is 13.2 Å². The van der Waals surface area contributed by atoms with Crippen LogP contribution in [0, 0.1) is 0 Å². The van der Waals surface area contributed by atoms with Crippen LogP contribution < -0.4 is 5.32 Å². The third-order valence-electron chi connectivity index (χ3n) is 5.65. The van der Waals surface area contributed by atoms with Crippen molar-refractivity contribution in [3.63, 3.8) is 0 Å². The first kappa shape index (κ1) is 28.3. The van der Waals surface area contributed by atoms with Crippen LogP contribution in [0.15, 0.2) is 24.3 Å². The number of piperazine rings is 1. The summed E-state index contributed by atoms with van der Waals surface area (Å²) in [4.78, 5) is 23.8. The molecule has 1 aliphatic carbocycles. The van der Waals surface area contributed by atoms with Gasteiger partial charge in [0.1, 0.15) is 0 Å². The lowest BCUT2D eigenvalue weighted by Crippen LogP contribution is -2.49. The fraction of sp³-hybridized carbons (Fsp3) is 0.619. The van der Waals surface area contributed by atoms with Crippen LogP contribution in [0.3, 0.4) is 0 Å². The molecule has 34 heavy (non-hydrogen) atoms. The second-order valence-electron chi connectivity index (χ2n) is 8.07. The van der Waals surface area contributed by atoms with Gasteiger partial charge < -0.3 is 15.3 Å². The van der Waals surface area contributed by atoms with E-state index >= 15 is 0 Å². The maximum Gasteiger partial charge on any atom is 0.490 e. The Morgan fingerprint density at radius 3 is 2.26 bits per heavy atom. The Kier molecular flexibility index (Phi) is 10.6. The number of rotatable bonds is 6. The van der Waals surface area contributed by atoms with Crippen LogP contribution in [0.1, 0.15) is 42.5 Å². The number of benzene rings is 1. The zero-order chi connectivity index (χ0) is 25.4. The van der Waals surface area contributed by atoms with Crippen molar-refractivity contribution in [3.05, 3.63) is 34.9 Å². The molecule has 1 amide bonds. The molecule has 1 aromatic carbocycles. The number of hydrogen-bond donors (Lipinski definition) is 2. The number of aliphatic carboxylic acids is 1. The second-order valence-corrected chi connectivity index (χ2v) is 10.6. The Morgan fingerprint density at radius 2 is 1.74 bits per heavy atom. The number of carboxylic acids is 1. The first-order chi connectivity index (χ1) is 15.9. The molecule has 3 rings (SSSR count). The zero-order valence-electron chi connectivity index (χ0n) is 18.6. The van der Waals surface area contributed by atoms with Crippen molar-refractivity contribution < 1.29 is 36.3 Å². The molecule has 8 nitrogen and oxygen atoms in total. The van der Waals surface area contributed by atoms with E-state index in [1.54, 1.807) is 29.2 Å². The molecule has 0 radical (unpaired) electrons. The van der Waals surface area contributed by atoms with E-state index in [0.29, 0.717) is 36.8 Å². The molecule has 1 saturated heterocycles. The third kappa shape index (κ3) is 8.71. The van der Waals surface area contributed by atoms with Gasteiger partial charge in [0.05, 0.1) is 5.75 Å². The number of halogens is 4. The number of carbonyl (C=O) groups is 2. The Hall–Kier alpha value is -1.89. The van der Waals surface area contributed by atoms with E-state index in [4.69, 9.17) is 21.5 Å². The Labute approximate surface area is 202 Å². The van der Waals surface area contributed by atoms with Crippen LogP contribution in [0.25, 0.3) is 0 Å². The fourth-order valence-corrected chi connectivity index (χ4v) is 5.51. The molecule has 13 heteroatoms. The second kappa shape index (κ2) is 12.7. The van der Waals surface area contributed by atoms with Gasteiger partial charge >= 0.3 is 12.1 Å². The van der Waals surface area contributed by atoms with E-state index in [1.165, 1.54) is 10.7 Å². The van der Waals surface area contributed by atoms with Crippen LogP contribution in [-0.4, -0.2) is 85.3 Å². The van der Waals surface area contributed by atoms with Gasteiger partial charge in [0.2, 0.25) is 10.0 Å². The minimum atomic E-state index is -5.08. The molecule has 2 fully saturated rings. The van der Waals surface area contributed by atoms with Gasteiger partial charge in [-0.15, -0.1) is 0 Å². The maximum absolute atomic E-state index is 13.1. The number of carboxylic acid groups (broad SMARTS) is 1.